The first kappa shape index (κ1) is 17.8. The number of benzene rings is 1. The molecule has 0 aromatic heterocycles. The molecule has 21 heavy (non-hydrogen) atoms. The molecule has 120 valence electrons. The van der Waals surface area contributed by atoms with Crippen molar-refractivity contribution in [1.82, 2.24) is 5.32 Å². The number of hydrogen-bond donors (Lipinski definition) is 1. The average molecular weight is 303 g/mol. The highest BCUT2D eigenvalue weighted by Gasteiger charge is 2.33. The molecule has 0 saturated carbocycles. The van der Waals surface area contributed by atoms with Gasteiger partial charge in [-0.25, -0.2) is 0 Å². The van der Waals surface area contributed by atoms with E-state index in [2.05, 4.69) is 12.2 Å². The Morgan fingerprint density at radius 2 is 1.71 bits per heavy atom. The lowest BCUT2D eigenvalue weighted by Gasteiger charge is -2.13. The second-order valence-electron chi connectivity index (χ2n) is 5.01. The molecule has 0 radical (unpaired) electrons. The summed E-state index contributed by atoms with van der Waals surface area (Å²) >= 11 is 0. The van der Waals surface area contributed by atoms with E-state index in [1.165, 1.54) is 12.1 Å². The van der Waals surface area contributed by atoms with Gasteiger partial charge in [0.05, 0.1) is 12.2 Å². The van der Waals surface area contributed by atoms with Crippen LogP contribution in [0.15, 0.2) is 24.3 Å². The number of para-hydroxylation sites is 1. The van der Waals surface area contributed by atoms with Gasteiger partial charge in [-0.3, -0.25) is 0 Å². The lowest BCUT2D eigenvalue weighted by molar-refractivity contribution is -0.138. The van der Waals surface area contributed by atoms with Crippen molar-refractivity contribution < 1.29 is 17.9 Å². The Labute approximate surface area is 124 Å². The fraction of sp³-hybridized carbons (Fsp3) is 0.625. The summed E-state index contributed by atoms with van der Waals surface area (Å²) in [6, 6.07) is 5.36. The number of alkyl halides is 3. The lowest BCUT2D eigenvalue weighted by Crippen LogP contribution is -2.15. The van der Waals surface area contributed by atoms with E-state index >= 15 is 0 Å². The van der Waals surface area contributed by atoms with Crippen LogP contribution in [0.4, 0.5) is 13.2 Å². The summed E-state index contributed by atoms with van der Waals surface area (Å²) < 4.78 is 43.5. The molecule has 5 heteroatoms. The minimum absolute atomic E-state index is 0.0744. The van der Waals surface area contributed by atoms with Crippen molar-refractivity contribution in [2.75, 3.05) is 19.7 Å². The molecule has 0 fully saturated rings. The largest absolute Gasteiger partial charge is 0.493 e. The molecule has 0 aliphatic heterocycles. The molecule has 1 aromatic rings. The molecule has 0 amide bonds. The molecule has 0 unspecified atom stereocenters. The van der Waals surface area contributed by atoms with Crippen LogP contribution >= 0.6 is 0 Å². The van der Waals surface area contributed by atoms with Crippen molar-refractivity contribution in [2.24, 2.45) is 0 Å². The zero-order valence-corrected chi connectivity index (χ0v) is 12.5. The van der Waals surface area contributed by atoms with Crippen molar-refractivity contribution in [2.45, 2.75) is 45.2 Å². The third-order valence-corrected chi connectivity index (χ3v) is 3.12. The number of rotatable bonds is 10. The van der Waals surface area contributed by atoms with Crippen LogP contribution < -0.4 is 10.1 Å². The molecular formula is C16H24F3NO. The van der Waals surface area contributed by atoms with Gasteiger partial charge in [-0.15, -0.1) is 0 Å². The van der Waals surface area contributed by atoms with Crippen LogP contribution in [0.25, 0.3) is 0 Å². The summed E-state index contributed by atoms with van der Waals surface area (Å²) in [4.78, 5) is 0. The van der Waals surface area contributed by atoms with E-state index in [-0.39, 0.29) is 5.75 Å². The Morgan fingerprint density at radius 3 is 2.43 bits per heavy atom. The smallest absolute Gasteiger partial charge is 0.419 e. The van der Waals surface area contributed by atoms with E-state index in [4.69, 9.17) is 4.74 Å². The van der Waals surface area contributed by atoms with E-state index in [1.807, 2.05) is 0 Å². The average Bonchev–Trinajstić information content (AvgIpc) is 2.45. The Bertz CT molecular complexity index is 393. The Balaban J connectivity index is 2.19. The van der Waals surface area contributed by atoms with E-state index < -0.39 is 11.7 Å². The van der Waals surface area contributed by atoms with Crippen LogP contribution in [0.3, 0.4) is 0 Å². The monoisotopic (exact) mass is 303 g/mol. The van der Waals surface area contributed by atoms with Gasteiger partial charge in [-0.2, -0.15) is 13.2 Å². The van der Waals surface area contributed by atoms with Gasteiger partial charge in [-0.1, -0.05) is 31.9 Å². The van der Waals surface area contributed by atoms with E-state index in [0.717, 1.165) is 51.3 Å². The standard InChI is InChI=1S/C16H24F3NO/c1-2-11-20-12-7-3-4-8-13-21-15-10-6-5-9-14(15)16(17,18)19/h5-6,9-10,20H,2-4,7-8,11-13H2,1H3. The summed E-state index contributed by atoms with van der Waals surface area (Å²) in [6.07, 6.45) is 0.691. The molecular weight excluding hydrogens is 279 g/mol. The lowest BCUT2D eigenvalue weighted by atomic mass is 10.2. The number of halogens is 3. The van der Waals surface area contributed by atoms with Crippen LogP contribution in [0.5, 0.6) is 5.75 Å². The second-order valence-corrected chi connectivity index (χ2v) is 5.01. The first-order chi connectivity index (χ1) is 10.1. The highest BCUT2D eigenvalue weighted by molar-refractivity contribution is 5.35. The van der Waals surface area contributed by atoms with E-state index in [9.17, 15) is 13.2 Å². The Morgan fingerprint density at radius 1 is 1.00 bits per heavy atom. The summed E-state index contributed by atoms with van der Waals surface area (Å²) in [6.45, 7) is 4.50. The Hall–Kier alpha value is -1.23. The molecule has 0 heterocycles. The topological polar surface area (TPSA) is 21.3 Å². The fourth-order valence-electron chi connectivity index (χ4n) is 2.02. The Kier molecular flexibility index (Phi) is 8.20. The summed E-state index contributed by atoms with van der Waals surface area (Å²) in [5.74, 6) is -0.0744. The highest BCUT2D eigenvalue weighted by atomic mass is 19.4. The normalized spacial score (nSPS) is 11.6. The van der Waals surface area contributed by atoms with Gasteiger partial charge in [0.25, 0.3) is 0 Å². The first-order valence-corrected chi connectivity index (χ1v) is 7.55. The van der Waals surface area contributed by atoms with Gasteiger partial charge in [0.1, 0.15) is 5.75 Å². The van der Waals surface area contributed by atoms with Crippen LogP contribution in [0.1, 0.15) is 44.6 Å². The van der Waals surface area contributed by atoms with Crippen molar-refractivity contribution in [3.05, 3.63) is 29.8 Å². The molecule has 1 N–H and O–H groups in total. The van der Waals surface area contributed by atoms with Crippen molar-refractivity contribution in [3.63, 3.8) is 0 Å². The number of unbranched alkanes of at least 4 members (excludes halogenated alkanes) is 3. The number of ether oxygens (including phenoxy) is 1. The van der Waals surface area contributed by atoms with Crippen LogP contribution in [0.2, 0.25) is 0 Å². The third kappa shape index (κ3) is 7.37. The maximum atomic E-state index is 12.7. The van der Waals surface area contributed by atoms with Gasteiger partial charge in [0, 0.05) is 0 Å². The maximum absolute atomic E-state index is 12.7. The molecule has 0 atom stereocenters. The zero-order valence-electron chi connectivity index (χ0n) is 12.5. The third-order valence-electron chi connectivity index (χ3n) is 3.12. The van der Waals surface area contributed by atoms with Gasteiger partial charge >= 0.3 is 6.18 Å². The van der Waals surface area contributed by atoms with Crippen molar-refractivity contribution in [3.8, 4) is 5.75 Å². The van der Waals surface area contributed by atoms with Crippen LogP contribution in [-0.2, 0) is 6.18 Å². The second kappa shape index (κ2) is 9.66. The predicted octanol–water partition coefficient (Wildman–Crippen LogP) is 4.64. The first-order valence-electron chi connectivity index (χ1n) is 7.55. The maximum Gasteiger partial charge on any atom is 0.419 e. The summed E-state index contributed by atoms with van der Waals surface area (Å²) in [7, 11) is 0. The SMILES string of the molecule is CCCNCCCCCCOc1ccccc1C(F)(F)F. The van der Waals surface area contributed by atoms with Crippen LogP contribution in [-0.4, -0.2) is 19.7 Å². The predicted molar refractivity (Wildman–Crippen MR) is 78.6 cm³/mol. The van der Waals surface area contributed by atoms with Gasteiger partial charge in [0.2, 0.25) is 0 Å². The molecule has 0 bridgehead atoms. The number of hydrogen-bond acceptors (Lipinski definition) is 2. The molecule has 0 aliphatic rings. The minimum Gasteiger partial charge on any atom is -0.493 e. The van der Waals surface area contributed by atoms with Gasteiger partial charge in [0.15, 0.2) is 0 Å². The molecule has 0 spiro atoms. The van der Waals surface area contributed by atoms with Crippen molar-refractivity contribution in [1.29, 1.82) is 0 Å². The van der Waals surface area contributed by atoms with E-state index in [0.29, 0.717) is 6.61 Å². The fourth-order valence-corrected chi connectivity index (χ4v) is 2.02. The highest BCUT2D eigenvalue weighted by Crippen LogP contribution is 2.35. The van der Waals surface area contributed by atoms with Crippen molar-refractivity contribution >= 4 is 0 Å². The zero-order chi connectivity index (χ0) is 15.6. The summed E-state index contributed by atoms with van der Waals surface area (Å²) in [5.41, 5.74) is -0.700. The van der Waals surface area contributed by atoms with E-state index in [1.54, 1.807) is 6.07 Å². The molecule has 1 rings (SSSR count). The molecule has 1 aromatic carbocycles. The molecule has 2 nitrogen and oxygen atoms in total. The quantitative estimate of drug-likeness (QED) is 0.636. The minimum atomic E-state index is -4.36. The molecule has 0 saturated heterocycles. The summed E-state index contributed by atoms with van der Waals surface area (Å²) in [5, 5.41) is 3.32. The molecule has 0 aliphatic carbocycles. The van der Waals surface area contributed by atoms with Gasteiger partial charge in [-0.05, 0) is 44.5 Å². The van der Waals surface area contributed by atoms with Gasteiger partial charge < -0.3 is 10.1 Å². The number of nitrogens with one attached hydrogen (secondary N) is 1. The van der Waals surface area contributed by atoms with Crippen LogP contribution in [0, 0.1) is 0 Å².